The summed E-state index contributed by atoms with van der Waals surface area (Å²) in [5.41, 5.74) is 2.66. The molecule has 1 aromatic heterocycles. The van der Waals surface area contributed by atoms with Crippen LogP contribution in [0, 0.1) is 6.92 Å². The van der Waals surface area contributed by atoms with Crippen LogP contribution >= 0.6 is 11.6 Å². The largest absolute Gasteiger partial charge is 0.481 e. The van der Waals surface area contributed by atoms with Gasteiger partial charge in [0.15, 0.2) is 0 Å². The van der Waals surface area contributed by atoms with Gasteiger partial charge in [0.05, 0.1) is 11.6 Å². The summed E-state index contributed by atoms with van der Waals surface area (Å²) >= 11 is 5.99. The van der Waals surface area contributed by atoms with Crippen molar-refractivity contribution >= 4 is 23.4 Å². The third kappa shape index (κ3) is 2.91. The number of hydrogen-bond donors (Lipinski definition) is 1. The molecule has 1 aliphatic rings. The zero-order valence-electron chi connectivity index (χ0n) is 12.9. The Hall–Kier alpha value is -2.07. The third-order valence-electron chi connectivity index (χ3n) is 4.40. The first kappa shape index (κ1) is 15.8. The van der Waals surface area contributed by atoms with E-state index in [9.17, 15) is 14.7 Å². The molecule has 1 atom stereocenters. The molecule has 0 saturated heterocycles. The van der Waals surface area contributed by atoms with Crippen LogP contribution in [0.1, 0.15) is 52.5 Å². The molecule has 1 unspecified atom stereocenters. The maximum Gasteiger partial charge on any atom is 0.312 e. The van der Waals surface area contributed by atoms with Crippen LogP contribution in [0.15, 0.2) is 30.3 Å². The molecule has 1 aromatic carbocycles. The van der Waals surface area contributed by atoms with Crippen molar-refractivity contribution in [2.75, 3.05) is 0 Å². The zero-order chi connectivity index (χ0) is 16.6. The standard InChI is InChI=1S/C18H18ClNO3/c1-11-9-15-14(18(22)23)7-2-3-8-20(15)16(11)17(21)12-5-4-6-13(19)10-12/h4-6,9-10,14H,2-3,7-8H2,1H3,(H,22,23). The van der Waals surface area contributed by atoms with Crippen LogP contribution in [0.5, 0.6) is 0 Å². The smallest absolute Gasteiger partial charge is 0.312 e. The molecule has 0 radical (unpaired) electrons. The lowest BCUT2D eigenvalue weighted by Gasteiger charge is -2.13. The summed E-state index contributed by atoms with van der Waals surface area (Å²) in [5.74, 6) is -1.48. The average molecular weight is 332 g/mol. The number of halogens is 1. The zero-order valence-corrected chi connectivity index (χ0v) is 13.6. The fourth-order valence-electron chi connectivity index (χ4n) is 3.32. The number of aromatic nitrogens is 1. The molecule has 0 saturated carbocycles. The van der Waals surface area contributed by atoms with Crippen molar-refractivity contribution in [3.8, 4) is 0 Å². The van der Waals surface area contributed by atoms with E-state index in [2.05, 4.69) is 0 Å². The Morgan fingerprint density at radius 1 is 1.26 bits per heavy atom. The first-order valence-electron chi connectivity index (χ1n) is 7.72. The highest BCUT2D eigenvalue weighted by atomic mass is 35.5. The van der Waals surface area contributed by atoms with Gasteiger partial charge in [0.2, 0.25) is 5.78 Å². The van der Waals surface area contributed by atoms with Crippen LogP contribution in [0.3, 0.4) is 0 Å². The van der Waals surface area contributed by atoms with Gasteiger partial charge in [0.25, 0.3) is 0 Å². The Kier molecular flexibility index (Phi) is 4.26. The normalized spacial score (nSPS) is 17.4. The SMILES string of the molecule is Cc1cc2n(c1C(=O)c1cccc(Cl)c1)CCCCC2C(=O)O. The number of fused-ring (bicyclic) bond motifs is 1. The molecule has 0 fully saturated rings. The molecule has 2 heterocycles. The molecular formula is C18H18ClNO3. The Labute approximate surface area is 139 Å². The quantitative estimate of drug-likeness (QED) is 0.864. The second kappa shape index (κ2) is 6.20. The van der Waals surface area contributed by atoms with E-state index in [0.29, 0.717) is 29.2 Å². The number of carbonyl (C=O) groups excluding carboxylic acids is 1. The second-order valence-electron chi connectivity index (χ2n) is 5.98. The van der Waals surface area contributed by atoms with Gasteiger partial charge in [0.1, 0.15) is 0 Å². The summed E-state index contributed by atoms with van der Waals surface area (Å²) in [6, 6.07) is 8.71. The van der Waals surface area contributed by atoms with Gasteiger partial charge >= 0.3 is 5.97 Å². The predicted molar refractivity (Wildman–Crippen MR) is 88.3 cm³/mol. The van der Waals surface area contributed by atoms with Gasteiger partial charge in [-0.3, -0.25) is 9.59 Å². The Balaban J connectivity index is 2.10. The third-order valence-corrected chi connectivity index (χ3v) is 4.64. The van der Waals surface area contributed by atoms with E-state index in [-0.39, 0.29) is 5.78 Å². The van der Waals surface area contributed by atoms with Crippen LogP contribution < -0.4 is 0 Å². The number of carboxylic acids is 1. The second-order valence-corrected chi connectivity index (χ2v) is 6.41. The number of ketones is 1. The van der Waals surface area contributed by atoms with Crippen molar-refractivity contribution in [3.63, 3.8) is 0 Å². The number of carboxylic acid groups (broad SMARTS) is 1. The Morgan fingerprint density at radius 2 is 2.04 bits per heavy atom. The van der Waals surface area contributed by atoms with Crippen LogP contribution in [0.4, 0.5) is 0 Å². The summed E-state index contributed by atoms with van der Waals surface area (Å²) < 4.78 is 1.89. The minimum absolute atomic E-state index is 0.109. The Bertz CT molecular complexity index is 779. The van der Waals surface area contributed by atoms with Gasteiger partial charge < -0.3 is 9.67 Å². The van der Waals surface area contributed by atoms with E-state index in [1.165, 1.54) is 0 Å². The summed E-state index contributed by atoms with van der Waals surface area (Å²) in [6.07, 6.45) is 2.34. The van der Waals surface area contributed by atoms with E-state index < -0.39 is 11.9 Å². The fourth-order valence-corrected chi connectivity index (χ4v) is 3.51. The summed E-state index contributed by atoms with van der Waals surface area (Å²) in [4.78, 5) is 24.5. The molecule has 23 heavy (non-hydrogen) atoms. The molecule has 4 nitrogen and oxygen atoms in total. The van der Waals surface area contributed by atoms with Gasteiger partial charge in [-0.15, -0.1) is 0 Å². The van der Waals surface area contributed by atoms with E-state index >= 15 is 0 Å². The van der Waals surface area contributed by atoms with Crippen molar-refractivity contribution < 1.29 is 14.7 Å². The minimum Gasteiger partial charge on any atom is -0.481 e. The number of benzene rings is 1. The first-order chi connectivity index (χ1) is 11.0. The highest BCUT2D eigenvalue weighted by Gasteiger charge is 2.30. The molecule has 0 bridgehead atoms. The molecule has 2 aromatic rings. The van der Waals surface area contributed by atoms with Crippen molar-refractivity contribution in [2.24, 2.45) is 0 Å². The van der Waals surface area contributed by atoms with Crippen LogP contribution in [0.25, 0.3) is 0 Å². The first-order valence-corrected chi connectivity index (χ1v) is 8.10. The molecule has 1 aliphatic heterocycles. The van der Waals surface area contributed by atoms with E-state index in [1.54, 1.807) is 24.3 Å². The summed E-state index contributed by atoms with van der Waals surface area (Å²) in [6.45, 7) is 2.53. The number of nitrogens with zero attached hydrogens (tertiary/aromatic N) is 1. The molecule has 3 rings (SSSR count). The summed E-state index contributed by atoms with van der Waals surface area (Å²) in [5, 5.41) is 10.00. The molecule has 0 amide bonds. The van der Waals surface area contributed by atoms with Gasteiger partial charge in [-0.1, -0.05) is 30.2 Å². The van der Waals surface area contributed by atoms with Gasteiger partial charge in [-0.05, 0) is 43.5 Å². The predicted octanol–water partition coefficient (Wildman–Crippen LogP) is 4.03. The number of rotatable bonds is 3. The van der Waals surface area contributed by atoms with Crippen LogP contribution in [-0.4, -0.2) is 21.4 Å². The van der Waals surface area contributed by atoms with Crippen molar-refractivity contribution in [1.29, 1.82) is 0 Å². The minimum atomic E-state index is -0.826. The summed E-state index contributed by atoms with van der Waals surface area (Å²) in [7, 11) is 0. The number of aliphatic carboxylic acids is 1. The van der Waals surface area contributed by atoms with Crippen LogP contribution in [-0.2, 0) is 11.3 Å². The number of hydrogen-bond acceptors (Lipinski definition) is 2. The van der Waals surface area contributed by atoms with E-state index in [1.807, 2.05) is 17.6 Å². The van der Waals surface area contributed by atoms with E-state index in [0.717, 1.165) is 24.1 Å². The molecule has 5 heteroatoms. The van der Waals surface area contributed by atoms with Crippen LogP contribution in [0.2, 0.25) is 5.02 Å². The van der Waals surface area contributed by atoms with Gasteiger partial charge in [0, 0.05) is 22.8 Å². The van der Waals surface area contributed by atoms with Crippen molar-refractivity contribution in [3.05, 3.63) is 57.9 Å². The van der Waals surface area contributed by atoms with Crippen molar-refractivity contribution in [2.45, 2.75) is 38.6 Å². The lowest BCUT2D eigenvalue weighted by molar-refractivity contribution is -0.139. The number of aryl methyl sites for hydroxylation is 1. The van der Waals surface area contributed by atoms with Gasteiger partial charge in [-0.25, -0.2) is 0 Å². The lowest BCUT2D eigenvalue weighted by atomic mass is 9.99. The molecule has 0 aliphatic carbocycles. The fraction of sp³-hybridized carbons (Fsp3) is 0.333. The maximum atomic E-state index is 12.9. The highest BCUT2D eigenvalue weighted by molar-refractivity contribution is 6.31. The maximum absolute atomic E-state index is 12.9. The molecule has 1 N–H and O–H groups in total. The average Bonchev–Trinajstić information content (AvgIpc) is 2.68. The Morgan fingerprint density at radius 3 is 2.74 bits per heavy atom. The highest BCUT2D eigenvalue weighted by Crippen LogP contribution is 2.32. The molecule has 0 spiro atoms. The monoisotopic (exact) mass is 331 g/mol. The topological polar surface area (TPSA) is 59.3 Å². The lowest BCUT2D eigenvalue weighted by Crippen LogP contribution is -2.17. The number of carbonyl (C=O) groups is 2. The molecular weight excluding hydrogens is 314 g/mol. The van der Waals surface area contributed by atoms with Crippen molar-refractivity contribution in [1.82, 2.24) is 4.57 Å². The van der Waals surface area contributed by atoms with Gasteiger partial charge in [-0.2, -0.15) is 0 Å². The van der Waals surface area contributed by atoms with E-state index in [4.69, 9.17) is 11.6 Å². The molecule has 120 valence electrons.